The zero-order valence-electron chi connectivity index (χ0n) is 21.0. The third kappa shape index (κ3) is 5.37. The minimum absolute atomic E-state index is 0.00667. The Morgan fingerprint density at radius 2 is 1.89 bits per heavy atom. The van der Waals surface area contributed by atoms with Crippen molar-refractivity contribution in [2.75, 3.05) is 24.5 Å². The standard InChI is InChI=1S/C28H28N4O4S2/c1-18-6-5-12-31-24(18)29-25(30-13-9-20(10-14-30)16-19-7-3-2-4-8-19)21(26(31)35)17-22-27(36)32(28(37)38-22)15-11-23(33)34/h2-8,12,17,20H,9-11,13-16H2,1H3,(H,33,34). The van der Waals surface area contributed by atoms with Crippen LogP contribution in [0.25, 0.3) is 11.7 Å². The Labute approximate surface area is 230 Å². The van der Waals surface area contributed by atoms with Crippen LogP contribution in [0.3, 0.4) is 0 Å². The van der Waals surface area contributed by atoms with Crippen LogP contribution in [-0.2, 0) is 16.0 Å². The van der Waals surface area contributed by atoms with Crippen LogP contribution in [0.5, 0.6) is 0 Å². The molecule has 2 fully saturated rings. The molecule has 1 N–H and O–H groups in total. The number of fused-ring (bicyclic) bond motifs is 1. The van der Waals surface area contributed by atoms with Gasteiger partial charge < -0.3 is 10.0 Å². The molecule has 0 unspecified atom stereocenters. The Morgan fingerprint density at radius 3 is 2.61 bits per heavy atom. The topological polar surface area (TPSA) is 95.2 Å². The number of rotatable bonds is 7. The van der Waals surface area contributed by atoms with E-state index < -0.39 is 5.97 Å². The molecule has 0 radical (unpaired) electrons. The summed E-state index contributed by atoms with van der Waals surface area (Å²) in [5.41, 5.74) is 2.89. The van der Waals surface area contributed by atoms with Crippen LogP contribution >= 0.6 is 24.0 Å². The average Bonchev–Trinajstić information content (AvgIpc) is 3.17. The maximum absolute atomic E-state index is 13.7. The lowest BCUT2D eigenvalue weighted by Gasteiger charge is -2.33. The summed E-state index contributed by atoms with van der Waals surface area (Å²) < 4.78 is 1.80. The number of aromatic nitrogens is 2. The second-order valence-electron chi connectivity index (χ2n) is 9.64. The number of hydrogen-bond donors (Lipinski definition) is 1. The summed E-state index contributed by atoms with van der Waals surface area (Å²) in [5, 5.41) is 9.03. The monoisotopic (exact) mass is 548 g/mol. The summed E-state index contributed by atoms with van der Waals surface area (Å²) >= 11 is 6.42. The van der Waals surface area contributed by atoms with E-state index in [-0.39, 0.29) is 28.8 Å². The number of carbonyl (C=O) groups excluding carboxylic acids is 1. The third-order valence-corrected chi connectivity index (χ3v) is 8.42. The Kier molecular flexibility index (Phi) is 7.62. The Hall–Kier alpha value is -3.50. The molecular weight excluding hydrogens is 520 g/mol. The lowest BCUT2D eigenvalue weighted by Crippen LogP contribution is -2.37. The number of piperidine rings is 1. The van der Waals surface area contributed by atoms with Crippen LogP contribution in [0.4, 0.5) is 5.82 Å². The number of thioether (sulfide) groups is 1. The fourth-order valence-electron chi connectivity index (χ4n) is 5.00. The molecule has 0 aliphatic carbocycles. The van der Waals surface area contributed by atoms with Crippen molar-refractivity contribution in [1.29, 1.82) is 0 Å². The molecule has 2 aliphatic heterocycles. The van der Waals surface area contributed by atoms with Gasteiger partial charge in [0, 0.05) is 25.8 Å². The molecule has 0 atom stereocenters. The van der Waals surface area contributed by atoms with Crippen LogP contribution in [0.2, 0.25) is 0 Å². The third-order valence-electron chi connectivity index (χ3n) is 7.04. The van der Waals surface area contributed by atoms with Crippen LogP contribution in [0, 0.1) is 12.8 Å². The van der Waals surface area contributed by atoms with Gasteiger partial charge in [0.1, 0.15) is 15.8 Å². The van der Waals surface area contributed by atoms with E-state index in [1.807, 2.05) is 19.1 Å². The highest BCUT2D eigenvalue weighted by Gasteiger charge is 2.33. The number of aliphatic carboxylic acids is 1. The first-order valence-electron chi connectivity index (χ1n) is 12.6. The van der Waals surface area contributed by atoms with E-state index in [0.717, 1.165) is 49.7 Å². The maximum atomic E-state index is 13.7. The smallest absolute Gasteiger partial charge is 0.305 e. The quantitative estimate of drug-likeness (QED) is 0.348. The summed E-state index contributed by atoms with van der Waals surface area (Å²) in [4.78, 5) is 46.5. The number of carbonyl (C=O) groups is 2. The fraction of sp³-hybridized carbons (Fsp3) is 0.321. The molecule has 0 bridgehead atoms. The predicted octanol–water partition coefficient (Wildman–Crippen LogP) is 4.14. The molecule has 1 amide bonds. The van der Waals surface area contributed by atoms with Crippen molar-refractivity contribution in [1.82, 2.24) is 14.3 Å². The van der Waals surface area contributed by atoms with Gasteiger partial charge >= 0.3 is 5.97 Å². The molecule has 5 rings (SSSR count). The molecule has 0 saturated carbocycles. The molecule has 3 aromatic rings. The summed E-state index contributed by atoms with van der Waals surface area (Å²) in [6.45, 7) is 3.43. The summed E-state index contributed by atoms with van der Waals surface area (Å²) in [7, 11) is 0. The van der Waals surface area contributed by atoms with Crippen molar-refractivity contribution >= 4 is 57.7 Å². The largest absolute Gasteiger partial charge is 0.481 e. The van der Waals surface area contributed by atoms with Crippen LogP contribution < -0.4 is 10.5 Å². The van der Waals surface area contributed by atoms with Crippen molar-refractivity contribution in [2.24, 2.45) is 5.92 Å². The molecule has 1 aromatic carbocycles. The second-order valence-corrected chi connectivity index (χ2v) is 11.3. The van der Waals surface area contributed by atoms with Gasteiger partial charge in [0.2, 0.25) is 0 Å². The van der Waals surface area contributed by atoms with Crippen LogP contribution in [0.15, 0.2) is 58.4 Å². The minimum Gasteiger partial charge on any atom is -0.481 e. The molecule has 4 heterocycles. The van der Waals surface area contributed by atoms with Crippen LogP contribution in [-0.4, -0.2) is 55.2 Å². The Morgan fingerprint density at radius 1 is 1.16 bits per heavy atom. The highest BCUT2D eigenvalue weighted by Crippen LogP contribution is 2.34. The van der Waals surface area contributed by atoms with E-state index >= 15 is 0 Å². The Balaban J connectivity index is 1.48. The van der Waals surface area contributed by atoms with Crippen molar-refractivity contribution in [3.63, 3.8) is 0 Å². The molecule has 2 saturated heterocycles. The summed E-state index contributed by atoms with van der Waals surface area (Å²) in [5.74, 6) is -0.278. The highest BCUT2D eigenvalue weighted by molar-refractivity contribution is 8.26. The van der Waals surface area contributed by atoms with E-state index in [9.17, 15) is 14.4 Å². The van der Waals surface area contributed by atoms with Crippen molar-refractivity contribution in [2.45, 2.75) is 32.6 Å². The number of carboxylic acids is 1. The SMILES string of the molecule is Cc1cccn2c(=O)c(C=C3SC(=S)N(CCC(=O)O)C3=O)c(N3CCC(Cc4ccccc4)CC3)nc12. The van der Waals surface area contributed by atoms with Crippen molar-refractivity contribution in [3.8, 4) is 0 Å². The number of benzene rings is 1. The molecule has 2 aromatic heterocycles. The van der Waals surface area contributed by atoms with Crippen LogP contribution in [0.1, 0.15) is 36.0 Å². The number of pyridine rings is 1. The van der Waals surface area contributed by atoms with E-state index in [1.165, 1.54) is 14.9 Å². The maximum Gasteiger partial charge on any atom is 0.305 e. The number of anilines is 1. The van der Waals surface area contributed by atoms with Gasteiger partial charge in [-0.2, -0.15) is 0 Å². The number of aryl methyl sites for hydroxylation is 1. The number of hydrogen-bond acceptors (Lipinski definition) is 7. The highest BCUT2D eigenvalue weighted by atomic mass is 32.2. The van der Waals surface area contributed by atoms with Crippen molar-refractivity contribution < 1.29 is 14.7 Å². The minimum atomic E-state index is -1.01. The van der Waals surface area contributed by atoms with Gasteiger partial charge in [-0.25, -0.2) is 4.98 Å². The molecular formula is C28H28N4O4S2. The van der Waals surface area contributed by atoms with Gasteiger partial charge in [-0.05, 0) is 55.4 Å². The lowest BCUT2D eigenvalue weighted by molar-refractivity contribution is -0.137. The lowest BCUT2D eigenvalue weighted by atomic mass is 9.90. The number of amides is 1. The number of thiocarbonyl (C=S) groups is 1. The van der Waals surface area contributed by atoms with Gasteiger partial charge in [-0.1, -0.05) is 60.4 Å². The number of nitrogens with zero attached hydrogens (tertiary/aromatic N) is 4. The molecule has 10 heteroatoms. The molecule has 0 spiro atoms. The fourth-order valence-corrected chi connectivity index (χ4v) is 6.29. The van der Waals surface area contributed by atoms with E-state index in [0.29, 0.717) is 27.9 Å². The molecule has 38 heavy (non-hydrogen) atoms. The normalized spacial score (nSPS) is 17.7. The molecule has 2 aliphatic rings. The first kappa shape index (κ1) is 26.1. The summed E-state index contributed by atoms with van der Waals surface area (Å²) in [6.07, 6.45) is 6.02. The first-order valence-corrected chi connectivity index (χ1v) is 13.8. The predicted molar refractivity (Wildman–Crippen MR) is 153 cm³/mol. The second kappa shape index (κ2) is 11.1. The van der Waals surface area contributed by atoms with Gasteiger partial charge in [-0.3, -0.25) is 23.7 Å². The van der Waals surface area contributed by atoms with E-state index in [1.54, 1.807) is 18.3 Å². The van der Waals surface area contributed by atoms with E-state index in [4.69, 9.17) is 22.3 Å². The zero-order valence-corrected chi connectivity index (χ0v) is 22.6. The zero-order chi connectivity index (χ0) is 26.8. The number of carboxylic acid groups (broad SMARTS) is 1. The Bertz CT molecular complexity index is 1490. The van der Waals surface area contributed by atoms with Gasteiger partial charge in [0.05, 0.1) is 16.9 Å². The van der Waals surface area contributed by atoms with Crippen molar-refractivity contribution in [3.05, 3.63) is 80.6 Å². The van der Waals surface area contributed by atoms with E-state index in [2.05, 4.69) is 29.2 Å². The molecule has 8 nitrogen and oxygen atoms in total. The summed E-state index contributed by atoms with van der Waals surface area (Å²) in [6, 6.07) is 14.2. The average molecular weight is 549 g/mol. The van der Waals surface area contributed by atoms with Gasteiger partial charge in [0.15, 0.2) is 0 Å². The van der Waals surface area contributed by atoms with Gasteiger partial charge in [-0.15, -0.1) is 0 Å². The first-order chi connectivity index (χ1) is 18.3. The van der Waals surface area contributed by atoms with Gasteiger partial charge in [0.25, 0.3) is 11.5 Å². The molecule has 196 valence electrons.